The van der Waals surface area contributed by atoms with Crippen LogP contribution < -0.4 is 15.8 Å². The number of nitrogens with zero attached hydrogens (tertiary/aromatic N) is 2. The molecular formula is C18H28BrIN4O2. The summed E-state index contributed by atoms with van der Waals surface area (Å²) in [7, 11) is 1.67. The molecule has 1 unspecified atom stereocenters. The van der Waals surface area contributed by atoms with Crippen LogP contribution in [-0.4, -0.2) is 43.5 Å². The van der Waals surface area contributed by atoms with Gasteiger partial charge in [-0.25, -0.2) is 4.99 Å². The van der Waals surface area contributed by atoms with E-state index >= 15 is 0 Å². The number of amides is 1. The maximum Gasteiger partial charge on any atom is 0.217 e. The number of guanidine groups is 1. The number of aliphatic imine (C=N–C) groups is 1. The molecule has 1 heterocycles. The summed E-state index contributed by atoms with van der Waals surface area (Å²) in [5.41, 5.74) is 6.39. The van der Waals surface area contributed by atoms with Crippen LogP contribution in [0.1, 0.15) is 31.7 Å². The highest BCUT2D eigenvalue weighted by molar-refractivity contribution is 14.0. The van der Waals surface area contributed by atoms with Crippen LogP contribution in [0.15, 0.2) is 27.7 Å². The summed E-state index contributed by atoms with van der Waals surface area (Å²) in [6.07, 6.45) is 2.52. The Hall–Kier alpha value is -1.03. The summed E-state index contributed by atoms with van der Waals surface area (Å²) >= 11 is 3.50. The molecule has 1 amide bonds. The molecule has 1 fully saturated rings. The summed E-state index contributed by atoms with van der Waals surface area (Å²) in [6.45, 7) is 5.13. The van der Waals surface area contributed by atoms with E-state index < -0.39 is 0 Å². The van der Waals surface area contributed by atoms with Crippen molar-refractivity contribution < 1.29 is 9.53 Å². The van der Waals surface area contributed by atoms with Gasteiger partial charge in [-0.1, -0.05) is 15.9 Å². The van der Waals surface area contributed by atoms with Gasteiger partial charge >= 0.3 is 0 Å². The zero-order chi connectivity index (χ0) is 18.2. The molecule has 1 aliphatic heterocycles. The Morgan fingerprint density at radius 3 is 2.92 bits per heavy atom. The molecule has 2 rings (SSSR count). The Kier molecular flexibility index (Phi) is 10.3. The predicted molar refractivity (Wildman–Crippen MR) is 119 cm³/mol. The van der Waals surface area contributed by atoms with E-state index in [-0.39, 0.29) is 29.9 Å². The first-order valence-electron chi connectivity index (χ1n) is 8.67. The van der Waals surface area contributed by atoms with Gasteiger partial charge in [-0.05, 0) is 43.9 Å². The molecule has 0 aliphatic carbocycles. The number of primary amides is 1. The Morgan fingerprint density at radius 2 is 2.27 bits per heavy atom. The quantitative estimate of drug-likeness (QED) is 0.331. The van der Waals surface area contributed by atoms with Crippen molar-refractivity contribution >= 4 is 51.8 Å². The van der Waals surface area contributed by atoms with Crippen LogP contribution in [0.4, 0.5) is 0 Å². The molecule has 1 aliphatic rings. The molecule has 146 valence electrons. The number of benzene rings is 1. The van der Waals surface area contributed by atoms with Crippen LogP contribution in [0.25, 0.3) is 0 Å². The second kappa shape index (κ2) is 11.6. The SMILES string of the molecule is CCNC(=NCc1cc(Br)ccc1OC)N1CCCC(CC(N)=O)C1.I. The van der Waals surface area contributed by atoms with E-state index in [1.807, 2.05) is 18.2 Å². The Bertz CT molecular complexity index is 627. The van der Waals surface area contributed by atoms with E-state index in [0.717, 1.165) is 54.2 Å². The molecular weight excluding hydrogens is 511 g/mol. The first kappa shape index (κ1) is 23.0. The molecule has 1 aromatic carbocycles. The summed E-state index contributed by atoms with van der Waals surface area (Å²) in [4.78, 5) is 18.2. The van der Waals surface area contributed by atoms with E-state index in [4.69, 9.17) is 15.5 Å². The second-order valence-electron chi connectivity index (χ2n) is 6.25. The van der Waals surface area contributed by atoms with Crippen molar-refractivity contribution in [1.29, 1.82) is 0 Å². The highest BCUT2D eigenvalue weighted by Crippen LogP contribution is 2.24. The fourth-order valence-corrected chi connectivity index (χ4v) is 3.57. The zero-order valence-corrected chi connectivity index (χ0v) is 19.2. The van der Waals surface area contributed by atoms with Gasteiger partial charge < -0.3 is 20.7 Å². The standard InChI is InChI=1S/C18H27BrN4O2.HI/c1-3-21-18(23-8-4-5-13(12-23)9-17(20)24)22-11-14-10-15(19)6-7-16(14)25-2;/h6-7,10,13H,3-5,8-9,11-12H2,1-2H3,(H2,20,24)(H,21,22);1H. The van der Waals surface area contributed by atoms with Crippen LogP contribution >= 0.6 is 39.9 Å². The van der Waals surface area contributed by atoms with Crippen molar-refractivity contribution in [3.05, 3.63) is 28.2 Å². The van der Waals surface area contributed by atoms with Gasteiger partial charge in [0.05, 0.1) is 13.7 Å². The minimum absolute atomic E-state index is 0. The summed E-state index contributed by atoms with van der Waals surface area (Å²) in [5.74, 6) is 1.77. The lowest BCUT2D eigenvalue weighted by Gasteiger charge is -2.34. The minimum Gasteiger partial charge on any atom is -0.496 e. The molecule has 26 heavy (non-hydrogen) atoms. The molecule has 0 spiro atoms. The number of hydrogen-bond acceptors (Lipinski definition) is 3. The summed E-state index contributed by atoms with van der Waals surface area (Å²) in [5, 5.41) is 3.36. The minimum atomic E-state index is -0.229. The number of piperidine rings is 1. The maximum atomic E-state index is 11.2. The van der Waals surface area contributed by atoms with Gasteiger partial charge in [0.2, 0.25) is 5.91 Å². The number of nitrogens with two attached hydrogens (primary N) is 1. The van der Waals surface area contributed by atoms with E-state index in [1.54, 1.807) is 7.11 Å². The molecule has 0 radical (unpaired) electrons. The molecule has 0 bridgehead atoms. The van der Waals surface area contributed by atoms with Gasteiger partial charge in [0, 0.05) is 36.1 Å². The molecule has 6 nitrogen and oxygen atoms in total. The first-order chi connectivity index (χ1) is 12.0. The predicted octanol–water partition coefficient (Wildman–Crippen LogP) is 3.13. The molecule has 8 heteroatoms. The number of carbonyl (C=O) groups excluding carboxylic acids is 1. The topological polar surface area (TPSA) is 80.0 Å². The number of ether oxygens (including phenoxy) is 1. The molecule has 3 N–H and O–H groups in total. The van der Waals surface area contributed by atoms with Gasteiger partial charge in [0.1, 0.15) is 5.75 Å². The monoisotopic (exact) mass is 538 g/mol. The lowest BCUT2D eigenvalue weighted by molar-refractivity contribution is -0.119. The molecule has 1 aromatic rings. The third kappa shape index (κ3) is 6.94. The highest BCUT2D eigenvalue weighted by atomic mass is 127. The van der Waals surface area contributed by atoms with Crippen molar-refractivity contribution in [3.63, 3.8) is 0 Å². The molecule has 1 saturated heterocycles. The van der Waals surface area contributed by atoms with Crippen LogP contribution in [-0.2, 0) is 11.3 Å². The molecule has 0 saturated carbocycles. The summed E-state index contributed by atoms with van der Waals surface area (Å²) < 4.78 is 6.43. The van der Waals surface area contributed by atoms with Crippen LogP contribution in [0.3, 0.4) is 0 Å². The van der Waals surface area contributed by atoms with Crippen LogP contribution in [0.5, 0.6) is 5.75 Å². The van der Waals surface area contributed by atoms with Crippen molar-refractivity contribution in [2.45, 2.75) is 32.7 Å². The number of nitrogens with one attached hydrogen (secondary N) is 1. The van der Waals surface area contributed by atoms with E-state index in [2.05, 4.69) is 33.1 Å². The van der Waals surface area contributed by atoms with Gasteiger partial charge in [0.25, 0.3) is 0 Å². The van der Waals surface area contributed by atoms with Crippen molar-refractivity contribution in [3.8, 4) is 5.75 Å². The number of methoxy groups -OCH3 is 1. The Balaban J connectivity index is 0.00000338. The lowest BCUT2D eigenvalue weighted by atomic mass is 9.95. The second-order valence-corrected chi connectivity index (χ2v) is 7.17. The maximum absolute atomic E-state index is 11.2. The van der Waals surface area contributed by atoms with E-state index in [0.29, 0.717) is 18.9 Å². The number of carbonyl (C=O) groups is 1. The summed E-state index contributed by atoms with van der Waals surface area (Å²) in [6, 6.07) is 5.92. The highest BCUT2D eigenvalue weighted by Gasteiger charge is 2.23. The average Bonchev–Trinajstić information content (AvgIpc) is 2.58. The number of rotatable bonds is 6. The lowest BCUT2D eigenvalue weighted by Crippen LogP contribution is -2.47. The van der Waals surface area contributed by atoms with Crippen LogP contribution in [0.2, 0.25) is 0 Å². The first-order valence-corrected chi connectivity index (χ1v) is 9.46. The van der Waals surface area contributed by atoms with Crippen molar-refractivity contribution in [2.24, 2.45) is 16.6 Å². The third-order valence-corrected chi connectivity index (χ3v) is 4.78. The van der Waals surface area contributed by atoms with Gasteiger partial charge in [-0.2, -0.15) is 0 Å². The van der Waals surface area contributed by atoms with E-state index in [9.17, 15) is 4.79 Å². The number of likely N-dealkylation sites (tertiary alicyclic amines) is 1. The van der Waals surface area contributed by atoms with Crippen molar-refractivity contribution in [2.75, 3.05) is 26.7 Å². The number of halogens is 2. The zero-order valence-electron chi connectivity index (χ0n) is 15.3. The third-order valence-electron chi connectivity index (χ3n) is 4.28. The normalized spacial score (nSPS) is 17.4. The van der Waals surface area contributed by atoms with E-state index in [1.165, 1.54) is 0 Å². The van der Waals surface area contributed by atoms with Crippen molar-refractivity contribution in [1.82, 2.24) is 10.2 Å². The molecule has 0 aromatic heterocycles. The van der Waals surface area contributed by atoms with Gasteiger partial charge in [0.15, 0.2) is 5.96 Å². The fourth-order valence-electron chi connectivity index (χ4n) is 3.17. The van der Waals surface area contributed by atoms with Crippen LogP contribution in [0, 0.1) is 5.92 Å². The average molecular weight is 539 g/mol. The Morgan fingerprint density at radius 1 is 1.50 bits per heavy atom. The smallest absolute Gasteiger partial charge is 0.217 e. The van der Waals surface area contributed by atoms with Gasteiger partial charge in [-0.3, -0.25) is 4.79 Å². The largest absolute Gasteiger partial charge is 0.496 e. The number of hydrogen-bond donors (Lipinski definition) is 2. The van der Waals surface area contributed by atoms with Gasteiger partial charge in [-0.15, -0.1) is 24.0 Å². The molecule has 1 atom stereocenters. The fraction of sp³-hybridized carbons (Fsp3) is 0.556. The Labute approximate surface area is 181 Å².